The normalized spacial score (nSPS) is 45.5. The van der Waals surface area contributed by atoms with Gasteiger partial charge in [0.15, 0.2) is 0 Å². The van der Waals surface area contributed by atoms with Crippen molar-refractivity contribution in [1.82, 2.24) is 0 Å². The van der Waals surface area contributed by atoms with Crippen LogP contribution in [0.1, 0.15) is 46.0 Å². The van der Waals surface area contributed by atoms with Gasteiger partial charge in [0.25, 0.3) is 0 Å². The molecule has 0 aromatic carbocycles. The number of hydrogen-bond donors (Lipinski definition) is 1. The van der Waals surface area contributed by atoms with E-state index in [0.717, 1.165) is 0 Å². The first-order valence-corrected chi connectivity index (χ1v) is 6.98. The first kappa shape index (κ1) is 11.7. The Labute approximate surface area is 101 Å². The first-order chi connectivity index (χ1) is 7.09. The van der Waals surface area contributed by atoms with Crippen molar-refractivity contribution in [2.45, 2.75) is 52.1 Å². The number of hydrogen-bond acceptors (Lipinski definition) is 1. The second-order valence-electron chi connectivity index (χ2n) is 5.52. The molecule has 2 aliphatic rings. The van der Waals surface area contributed by atoms with Gasteiger partial charge in [-0.1, -0.05) is 28.4 Å². The molecule has 2 fully saturated rings. The molecule has 2 saturated carbocycles. The summed E-state index contributed by atoms with van der Waals surface area (Å²) in [6.07, 6.45) is 6.14. The molecule has 2 aliphatic carbocycles. The third-order valence-corrected chi connectivity index (χ3v) is 5.35. The second kappa shape index (κ2) is 4.21. The van der Waals surface area contributed by atoms with E-state index in [-0.39, 0.29) is 6.10 Å². The van der Waals surface area contributed by atoms with Gasteiger partial charge in [0, 0.05) is 0 Å². The van der Waals surface area contributed by atoms with Gasteiger partial charge in [0.2, 0.25) is 0 Å². The highest BCUT2D eigenvalue weighted by molar-refractivity contribution is 9.11. The van der Waals surface area contributed by atoms with Crippen LogP contribution in [0.2, 0.25) is 0 Å². The zero-order chi connectivity index (χ0) is 11.1. The Morgan fingerprint density at radius 2 is 2.27 bits per heavy atom. The van der Waals surface area contributed by atoms with Crippen molar-refractivity contribution in [2.75, 3.05) is 0 Å². The molecule has 15 heavy (non-hydrogen) atoms. The van der Waals surface area contributed by atoms with Crippen molar-refractivity contribution in [2.24, 2.45) is 17.3 Å². The van der Waals surface area contributed by atoms with Crippen LogP contribution >= 0.6 is 15.9 Å². The Hall–Kier alpha value is 0.180. The topological polar surface area (TPSA) is 20.2 Å². The Morgan fingerprint density at radius 1 is 1.53 bits per heavy atom. The summed E-state index contributed by atoms with van der Waals surface area (Å²) in [4.78, 5) is 2.14. The summed E-state index contributed by atoms with van der Waals surface area (Å²) in [6, 6.07) is 0. The lowest BCUT2D eigenvalue weighted by atomic mass is 9.63. The molecule has 2 heteroatoms. The van der Waals surface area contributed by atoms with Crippen molar-refractivity contribution >= 4 is 15.9 Å². The van der Waals surface area contributed by atoms with Crippen LogP contribution in [0.25, 0.3) is 0 Å². The molecule has 0 saturated heterocycles. The molecule has 0 bridgehead atoms. The van der Waals surface area contributed by atoms with E-state index in [4.69, 9.17) is 0 Å². The maximum absolute atomic E-state index is 9.88. The molecule has 0 aliphatic heterocycles. The van der Waals surface area contributed by atoms with Crippen LogP contribution in [0.5, 0.6) is 0 Å². The van der Waals surface area contributed by atoms with E-state index in [9.17, 15) is 5.11 Å². The van der Waals surface area contributed by atoms with Crippen LogP contribution in [0.15, 0.2) is 10.6 Å². The summed E-state index contributed by atoms with van der Waals surface area (Å²) < 4.78 is 0. The van der Waals surface area contributed by atoms with Gasteiger partial charge in [0.05, 0.1) is 6.10 Å². The number of aliphatic hydroxyl groups is 1. The lowest BCUT2D eigenvalue weighted by Crippen LogP contribution is -2.37. The summed E-state index contributed by atoms with van der Waals surface area (Å²) in [5.74, 6) is 1.22. The Bertz CT molecular complexity index is 272. The predicted molar refractivity (Wildman–Crippen MR) is 66.9 cm³/mol. The highest BCUT2D eigenvalue weighted by atomic mass is 79.9. The zero-order valence-electron chi connectivity index (χ0n) is 9.67. The molecule has 2 rings (SSSR count). The molecular formula is C13H21BrO. The third kappa shape index (κ3) is 1.80. The van der Waals surface area contributed by atoms with Crippen molar-refractivity contribution in [3.05, 3.63) is 10.6 Å². The Balaban J connectivity index is 2.27. The summed E-state index contributed by atoms with van der Waals surface area (Å²) in [5, 5.41) is 9.88. The first-order valence-electron chi connectivity index (χ1n) is 6.07. The third-order valence-electron chi connectivity index (χ3n) is 4.76. The van der Waals surface area contributed by atoms with Crippen LogP contribution in [0.3, 0.4) is 0 Å². The highest BCUT2D eigenvalue weighted by Crippen LogP contribution is 2.58. The molecule has 0 heterocycles. The number of fused-ring (bicyclic) bond motifs is 1. The summed E-state index contributed by atoms with van der Waals surface area (Å²) in [5.41, 5.74) is 1.93. The van der Waals surface area contributed by atoms with Crippen molar-refractivity contribution < 1.29 is 5.11 Å². The Kier molecular flexibility index (Phi) is 3.27. The van der Waals surface area contributed by atoms with E-state index >= 15 is 0 Å². The van der Waals surface area contributed by atoms with Gasteiger partial charge in [0.1, 0.15) is 0 Å². The monoisotopic (exact) mass is 272 g/mol. The van der Waals surface area contributed by atoms with Gasteiger partial charge in [-0.15, -0.1) is 0 Å². The average molecular weight is 273 g/mol. The molecule has 0 amide bonds. The predicted octanol–water partition coefficient (Wildman–Crippen LogP) is 3.86. The van der Waals surface area contributed by atoms with E-state index in [2.05, 4.69) is 27.8 Å². The van der Waals surface area contributed by atoms with E-state index in [1.807, 2.05) is 6.92 Å². The van der Waals surface area contributed by atoms with Gasteiger partial charge in [-0.25, -0.2) is 0 Å². The lowest BCUT2D eigenvalue weighted by Gasteiger charge is -2.43. The molecular weight excluding hydrogens is 252 g/mol. The highest BCUT2D eigenvalue weighted by Gasteiger charge is 2.50. The fraction of sp³-hybridized carbons (Fsp3) is 0.846. The number of aliphatic hydroxyl groups excluding tert-OH is 1. The molecule has 0 aromatic rings. The van der Waals surface area contributed by atoms with Crippen LogP contribution in [-0.4, -0.2) is 11.2 Å². The van der Waals surface area contributed by atoms with Gasteiger partial charge in [-0.3, -0.25) is 0 Å². The molecule has 1 N–H and O–H groups in total. The number of halogens is 1. The van der Waals surface area contributed by atoms with E-state index in [1.165, 1.54) is 32.1 Å². The van der Waals surface area contributed by atoms with Crippen molar-refractivity contribution in [3.63, 3.8) is 0 Å². The van der Waals surface area contributed by atoms with Gasteiger partial charge < -0.3 is 5.11 Å². The number of rotatable bonds is 1. The molecule has 1 nitrogen and oxygen atoms in total. The minimum Gasteiger partial charge on any atom is -0.393 e. The molecule has 0 radical (unpaired) electrons. The van der Waals surface area contributed by atoms with E-state index in [0.29, 0.717) is 17.3 Å². The standard InChI is InChI=1S/C13H21BrO/c1-9(15)11-5-6-12-10(8-14)4-3-7-13(11,12)2/h8-9,11-12,15H,3-7H2,1-2H3/b10-8+/t9-,11?,12?,13+/m0/s1. The van der Waals surface area contributed by atoms with Crippen molar-refractivity contribution in [3.8, 4) is 0 Å². The van der Waals surface area contributed by atoms with Crippen LogP contribution in [0, 0.1) is 17.3 Å². The minimum atomic E-state index is -0.144. The van der Waals surface area contributed by atoms with Crippen LogP contribution in [-0.2, 0) is 0 Å². The minimum absolute atomic E-state index is 0.144. The zero-order valence-corrected chi connectivity index (χ0v) is 11.3. The van der Waals surface area contributed by atoms with E-state index < -0.39 is 0 Å². The molecule has 4 atom stereocenters. The second-order valence-corrected chi connectivity index (χ2v) is 5.98. The van der Waals surface area contributed by atoms with Gasteiger partial charge >= 0.3 is 0 Å². The summed E-state index contributed by atoms with van der Waals surface area (Å²) >= 11 is 3.50. The maximum atomic E-state index is 9.88. The number of allylic oxidation sites excluding steroid dienone is 1. The summed E-state index contributed by atoms with van der Waals surface area (Å²) in [6.45, 7) is 4.35. The average Bonchev–Trinajstić information content (AvgIpc) is 2.54. The SMILES string of the molecule is C[C@H](O)C1CCC2/C(=C/Br)CCC[C@@]21C. The van der Waals surface area contributed by atoms with Crippen LogP contribution < -0.4 is 0 Å². The fourth-order valence-corrected chi connectivity index (χ4v) is 4.55. The molecule has 0 spiro atoms. The van der Waals surface area contributed by atoms with E-state index in [1.54, 1.807) is 5.57 Å². The van der Waals surface area contributed by atoms with Gasteiger partial charge in [-0.05, 0) is 61.3 Å². The van der Waals surface area contributed by atoms with Gasteiger partial charge in [-0.2, -0.15) is 0 Å². The fourth-order valence-electron chi connectivity index (χ4n) is 4.00. The van der Waals surface area contributed by atoms with Crippen molar-refractivity contribution in [1.29, 1.82) is 0 Å². The molecule has 86 valence electrons. The Morgan fingerprint density at radius 3 is 2.87 bits per heavy atom. The smallest absolute Gasteiger partial charge is 0.0545 e. The lowest BCUT2D eigenvalue weighted by molar-refractivity contribution is 0.0303. The van der Waals surface area contributed by atoms with Crippen LogP contribution in [0.4, 0.5) is 0 Å². The molecule has 2 unspecified atom stereocenters. The maximum Gasteiger partial charge on any atom is 0.0545 e. The summed E-state index contributed by atoms with van der Waals surface area (Å²) in [7, 11) is 0. The quantitative estimate of drug-likeness (QED) is 0.769. The largest absolute Gasteiger partial charge is 0.393 e. The molecule has 0 aromatic heterocycles.